The first kappa shape index (κ1) is 13.1. The van der Waals surface area contributed by atoms with Gasteiger partial charge in [-0.25, -0.2) is 8.42 Å². The summed E-state index contributed by atoms with van der Waals surface area (Å²) in [5, 5.41) is 5.23. The maximum Gasteiger partial charge on any atom is 0.177 e. The normalized spacial score (nSPS) is 11.4. The van der Waals surface area contributed by atoms with Gasteiger partial charge in [-0.1, -0.05) is 18.2 Å². The van der Waals surface area contributed by atoms with Gasteiger partial charge in [0, 0.05) is 17.7 Å². The highest BCUT2D eigenvalue weighted by molar-refractivity contribution is 7.90. The highest BCUT2D eigenvalue weighted by Crippen LogP contribution is 2.20. The molecular weight excluding hydrogens is 266 g/mol. The number of hydrogen-bond donors (Lipinski definition) is 1. The smallest absolute Gasteiger partial charge is 0.177 e. The Morgan fingerprint density at radius 1 is 1.17 bits per heavy atom. The number of para-hydroxylation sites is 1. The number of rotatable bonds is 5. The highest BCUT2D eigenvalue weighted by Gasteiger charge is 2.11. The maximum atomic E-state index is 11.6. The van der Waals surface area contributed by atoms with E-state index in [0.29, 0.717) is 10.6 Å². The van der Waals surface area contributed by atoms with Gasteiger partial charge >= 0.3 is 0 Å². The zero-order chi connectivity index (χ0) is 13.0. The van der Waals surface area contributed by atoms with Gasteiger partial charge in [-0.05, 0) is 30.0 Å². The Bertz CT molecular complexity index is 604. The van der Waals surface area contributed by atoms with Crippen molar-refractivity contribution in [3.63, 3.8) is 0 Å². The standard InChI is InChI=1S/C13H15NO2S2/c1-18(15,16)13-7-3-2-6-12(13)14-9-8-11-5-4-10-17-11/h2-7,10,14H,8-9H2,1H3. The number of benzene rings is 1. The second-order valence-corrected chi connectivity index (χ2v) is 7.04. The fourth-order valence-electron chi connectivity index (χ4n) is 1.71. The van der Waals surface area contributed by atoms with E-state index in [9.17, 15) is 8.42 Å². The van der Waals surface area contributed by atoms with Gasteiger partial charge in [-0.3, -0.25) is 0 Å². The number of thiophene rings is 1. The summed E-state index contributed by atoms with van der Waals surface area (Å²) in [5.41, 5.74) is 0.677. The lowest BCUT2D eigenvalue weighted by Gasteiger charge is -2.10. The van der Waals surface area contributed by atoms with Crippen molar-refractivity contribution < 1.29 is 8.42 Å². The van der Waals surface area contributed by atoms with E-state index in [1.54, 1.807) is 29.5 Å². The Hall–Kier alpha value is -1.33. The Morgan fingerprint density at radius 3 is 2.61 bits per heavy atom. The average molecular weight is 281 g/mol. The van der Waals surface area contributed by atoms with Crippen LogP contribution in [0.2, 0.25) is 0 Å². The first-order valence-electron chi connectivity index (χ1n) is 5.63. The molecule has 0 aliphatic heterocycles. The molecule has 0 spiro atoms. The molecule has 0 aliphatic rings. The lowest BCUT2D eigenvalue weighted by molar-refractivity contribution is 0.602. The predicted molar refractivity (Wildman–Crippen MR) is 76.1 cm³/mol. The van der Waals surface area contributed by atoms with Crippen LogP contribution in [0.1, 0.15) is 4.88 Å². The molecule has 0 fully saturated rings. The van der Waals surface area contributed by atoms with Crippen molar-refractivity contribution in [2.24, 2.45) is 0 Å². The zero-order valence-electron chi connectivity index (χ0n) is 10.1. The third-order valence-electron chi connectivity index (χ3n) is 2.55. The second kappa shape index (κ2) is 5.54. The summed E-state index contributed by atoms with van der Waals surface area (Å²) in [4.78, 5) is 1.65. The Kier molecular flexibility index (Phi) is 4.04. The molecule has 0 saturated heterocycles. The number of nitrogens with one attached hydrogen (secondary N) is 1. The maximum absolute atomic E-state index is 11.6. The number of hydrogen-bond acceptors (Lipinski definition) is 4. The van der Waals surface area contributed by atoms with Crippen LogP contribution in [-0.2, 0) is 16.3 Å². The summed E-state index contributed by atoms with van der Waals surface area (Å²) in [5.74, 6) is 0. The van der Waals surface area contributed by atoms with E-state index in [4.69, 9.17) is 0 Å². The number of sulfone groups is 1. The predicted octanol–water partition coefficient (Wildman–Crippen LogP) is 2.81. The van der Waals surface area contributed by atoms with Crippen molar-refractivity contribution in [2.45, 2.75) is 11.3 Å². The van der Waals surface area contributed by atoms with Crippen molar-refractivity contribution in [1.82, 2.24) is 0 Å². The van der Waals surface area contributed by atoms with Crippen LogP contribution in [-0.4, -0.2) is 21.2 Å². The van der Waals surface area contributed by atoms with Gasteiger partial charge in [0.25, 0.3) is 0 Å². The quantitative estimate of drug-likeness (QED) is 0.916. The van der Waals surface area contributed by atoms with Gasteiger partial charge in [0.05, 0.1) is 10.6 Å². The summed E-state index contributed by atoms with van der Waals surface area (Å²) >= 11 is 1.71. The van der Waals surface area contributed by atoms with Crippen molar-refractivity contribution in [3.8, 4) is 0 Å². The SMILES string of the molecule is CS(=O)(=O)c1ccccc1NCCc1cccs1. The number of anilines is 1. The van der Waals surface area contributed by atoms with Gasteiger partial charge in [-0.15, -0.1) is 11.3 Å². The summed E-state index contributed by atoms with van der Waals surface area (Å²) in [6, 6.07) is 11.1. The first-order chi connectivity index (χ1) is 8.57. The van der Waals surface area contributed by atoms with Crippen LogP contribution in [0.3, 0.4) is 0 Å². The minimum atomic E-state index is -3.18. The molecule has 0 saturated carbocycles. The van der Waals surface area contributed by atoms with Crippen LogP contribution >= 0.6 is 11.3 Å². The molecule has 1 aromatic heterocycles. The van der Waals surface area contributed by atoms with E-state index in [-0.39, 0.29) is 0 Å². The van der Waals surface area contributed by atoms with E-state index in [1.807, 2.05) is 17.5 Å². The zero-order valence-corrected chi connectivity index (χ0v) is 11.7. The van der Waals surface area contributed by atoms with Crippen molar-refractivity contribution >= 4 is 26.9 Å². The Labute approximate surface area is 111 Å². The monoisotopic (exact) mass is 281 g/mol. The second-order valence-electron chi connectivity index (χ2n) is 4.02. The fourth-order valence-corrected chi connectivity index (χ4v) is 3.29. The lowest BCUT2D eigenvalue weighted by Crippen LogP contribution is -2.08. The molecule has 0 aliphatic carbocycles. The van der Waals surface area contributed by atoms with Crippen LogP contribution in [0.4, 0.5) is 5.69 Å². The van der Waals surface area contributed by atoms with Gasteiger partial charge in [0.1, 0.15) is 0 Å². The molecule has 1 heterocycles. The molecule has 1 N–H and O–H groups in total. The van der Waals surface area contributed by atoms with Gasteiger partial charge in [0.15, 0.2) is 9.84 Å². The highest BCUT2D eigenvalue weighted by atomic mass is 32.2. The van der Waals surface area contributed by atoms with E-state index < -0.39 is 9.84 Å². The summed E-state index contributed by atoms with van der Waals surface area (Å²) in [7, 11) is -3.18. The summed E-state index contributed by atoms with van der Waals surface area (Å²) in [6.07, 6.45) is 2.13. The minimum absolute atomic E-state index is 0.358. The minimum Gasteiger partial charge on any atom is -0.384 e. The Morgan fingerprint density at radius 2 is 1.94 bits per heavy atom. The largest absolute Gasteiger partial charge is 0.384 e. The van der Waals surface area contributed by atoms with E-state index in [1.165, 1.54) is 11.1 Å². The van der Waals surface area contributed by atoms with Crippen LogP contribution in [0.5, 0.6) is 0 Å². The molecule has 0 bridgehead atoms. The summed E-state index contributed by atoms with van der Waals surface area (Å²) in [6.45, 7) is 0.729. The molecule has 3 nitrogen and oxygen atoms in total. The molecule has 1 aromatic carbocycles. The lowest BCUT2D eigenvalue weighted by atomic mass is 10.3. The van der Waals surface area contributed by atoms with Crippen LogP contribution in [0.25, 0.3) is 0 Å². The molecule has 18 heavy (non-hydrogen) atoms. The third kappa shape index (κ3) is 3.34. The fraction of sp³-hybridized carbons (Fsp3) is 0.231. The van der Waals surface area contributed by atoms with E-state index in [0.717, 1.165) is 13.0 Å². The van der Waals surface area contributed by atoms with Crippen LogP contribution in [0.15, 0.2) is 46.7 Å². The molecule has 96 valence electrons. The van der Waals surface area contributed by atoms with E-state index in [2.05, 4.69) is 11.4 Å². The van der Waals surface area contributed by atoms with Crippen molar-refractivity contribution in [1.29, 1.82) is 0 Å². The molecule has 2 aromatic rings. The van der Waals surface area contributed by atoms with Gasteiger partial charge in [0.2, 0.25) is 0 Å². The van der Waals surface area contributed by atoms with Crippen molar-refractivity contribution in [2.75, 3.05) is 18.1 Å². The Balaban J connectivity index is 2.06. The van der Waals surface area contributed by atoms with Gasteiger partial charge < -0.3 is 5.32 Å². The molecule has 0 unspecified atom stereocenters. The molecular formula is C13H15NO2S2. The van der Waals surface area contributed by atoms with Crippen LogP contribution in [0, 0.1) is 0 Å². The molecule has 0 amide bonds. The van der Waals surface area contributed by atoms with E-state index >= 15 is 0 Å². The van der Waals surface area contributed by atoms with Crippen molar-refractivity contribution in [3.05, 3.63) is 46.7 Å². The molecule has 0 radical (unpaired) electrons. The molecule has 0 atom stereocenters. The molecule has 5 heteroatoms. The molecule has 2 rings (SSSR count). The van der Waals surface area contributed by atoms with Crippen LogP contribution < -0.4 is 5.32 Å². The van der Waals surface area contributed by atoms with Gasteiger partial charge in [-0.2, -0.15) is 0 Å². The third-order valence-corrected chi connectivity index (χ3v) is 4.64. The average Bonchev–Trinajstić information content (AvgIpc) is 2.81. The summed E-state index contributed by atoms with van der Waals surface area (Å²) < 4.78 is 23.2. The first-order valence-corrected chi connectivity index (χ1v) is 8.40. The topological polar surface area (TPSA) is 46.2 Å².